The van der Waals surface area contributed by atoms with E-state index in [4.69, 9.17) is 9.57 Å². The smallest absolute Gasteiger partial charge is 0.262 e. The van der Waals surface area contributed by atoms with Crippen LogP contribution in [0.25, 0.3) is 0 Å². The van der Waals surface area contributed by atoms with E-state index >= 15 is 0 Å². The van der Waals surface area contributed by atoms with Crippen LogP contribution in [-0.4, -0.2) is 58.7 Å². The maximum atomic E-state index is 12.2. The van der Waals surface area contributed by atoms with Gasteiger partial charge in [-0.2, -0.15) is 0 Å². The number of carbonyl (C=O) groups excluding carboxylic acids is 1. The third kappa shape index (κ3) is 4.06. The minimum atomic E-state index is -3.76. The molecule has 1 aromatic rings. The molecule has 0 aliphatic carbocycles. The van der Waals surface area contributed by atoms with Gasteiger partial charge in [-0.25, -0.2) is 8.42 Å². The molecule has 9 heteroatoms. The summed E-state index contributed by atoms with van der Waals surface area (Å²) in [4.78, 5) is 20.8. The summed E-state index contributed by atoms with van der Waals surface area (Å²) in [7, 11) is -3.76. The van der Waals surface area contributed by atoms with Crippen LogP contribution in [0.5, 0.6) is 0 Å². The highest BCUT2D eigenvalue weighted by molar-refractivity contribution is 7.89. The van der Waals surface area contributed by atoms with Crippen LogP contribution in [0, 0.1) is 0 Å². The maximum Gasteiger partial charge on any atom is 0.262 e. The summed E-state index contributed by atoms with van der Waals surface area (Å²) in [6, 6.07) is 4.52. The zero-order valence-corrected chi connectivity index (χ0v) is 13.4. The van der Waals surface area contributed by atoms with Gasteiger partial charge in [0.2, 0.25) is 5.91 Å². The average Bonchev–Trinajstić information content (AvgIpc) is 2.92. The van der Waals surface area contributed by atoms with Crippen LogP contribution in [0.15, 0.2) is 23.1 Å². The molecule has 0 spiro atoms. The first kappa shape index (κ1) is 16.3. The van der Waals surface area contributed by atoms with Gasteiger partial charge < -0.3 is 10.1 Å². The van der Waals surface area contributed by atoms with Crippen molar-refractivity contribution in [3.63, 3.8) is 0 Å². The summed E-state index contributed by atoms with van der Waals surface area (Å²) in [5, 5.41) is 2.66. The van der Waals surface area contributed by atoms with Crippen molar-refractivity contribution in [2.45, 2.75) is 11.3 Å². The summed E-state index contributed by atoms with van der Waals surface area (Å²) in [5.41, 5.74) is 1.33. The molecule has 1 amide bonds. The van der Waals surface area contributed by atoms with Crippen LogP contribution in [0.1, 0.15) is 5.56 Å². The lowest BCUT2D eigenvalue weighted by Crippen LogP contribution is -2.39. The molecular weight excluding hydrogens is 322 g/mol. The summed E-state index contributed by atoms with van der Waals surface area (Å²) in [6.45, 7) is 3.91. The lowest BCUT2D eigenvalue weighted by molar-refractivity contribution is -0.115. The van der Waals surface area contributed by atoms with Gasteiger partial charge in [0.05, 0.1) is 31.1 Å². The number of benzene rings is 1. The second kappa shape index (κ2) is 6.93. The first-order valence-electron chi connectivity index (χ1n) is 7.41. The normalized spacial score (nSPS) is 18.7. The Morgan fingerprint density at radius 2 is 2.09 bits per heavy atom. The summed E-state index contributed by atoms with van der Waals surface area (Å²) in [5.74, 6) is -0.135. The molecule has 8 nitrogen and oxygen atoms in total. The molecule has 0 atom stereocenters. The van der Waals surface area contributed by atoms with Crippen molar-refractivity contribution in [1.82, 2.24) is 9.79 Å². The highest BCUT2D eigenvalue weighted by atomic mass is 32.2. The van der Waals surface area contributed by atoms with Gasteiger partial charge in [-0.05, 0) is 23.8 Å². The van der Waals surface area contributed by atoms with E-state index < -0.39 is 10.0 Å². The van der Waals surface area contributed by atoms with Crippen LogP contribution in [0.2, 0.25) is 0 Å². The van der Waals surface area contributed by atoms with Gasteiger partial charge in [-0.3, -0.25) is 14.5 Å². The van der Waals surface area contributed by atoms with E-state index in [-0.39, 0.29) is 23.8 Å². The third-order valence-corrected chi connectivity index (χ3v) is 5.01. The summed E-state index contributed by atoms with van der Waals surface area (Å²) >= 11 is 0. The van der Waals surface area contributed by atoms with Gasteiger partial charge >= 0.3 is 0 Å². The topological polar surface area (TPSA) is 97.0 Å². The highest BCUT2D eigenvalue weighted by Gasteiger charge is 2.22. The predicted octanol–water partition coefficient (Wildman–Crippen LogP) is -0.277. The first-order chi connectivity index (χ1) is 11.0. The molecule has 1 aromatic carbocycles. The molecule has 0 bridgehead atoms. The minimum absolute atomic E-state index is 0.0825. The number of hydrogen-bond acceptors (Lipinski definition) is 6. The Balaban J connectivity index is 1.53. The lowest BCUT2D eigenvalue weighted by atomic mass is 10.2. The van der Waals surface area contributed by atoms with E-state index in [1.165, 1.54) is 12.1 Å². The van der Waals surface area contributed by atoms with Crippen molar-refractivity contribution >= 4 is 21.6 Å². The monoisotopic (exact) mass is 341 g/mol. The average molecular weight is 341 g/mol. The van der Waals surface area contributed by atoms with E-state index in [1.807, 2.05) is 0 Å². The molecule has 0 saturated carbocycles. The van der Waals surface area contributed by atoms with E-state index in [1.54, 1.807) is 6.07 Å². The Bertz CT molecular complexity index is 686. The SMILES string of the molecule is O=C1Cc2cc(S(=O)(=O)NOCCN3CCOCC3)ccc2N1. The predicted molar refractivity (Wildman–Crippen MR) is 82.3 cm³/mol. The van der Waals surface area contributed by atoms with Gasteiger partial charge in [-0.1, -0.05) is 4.89 Å². The number of ether oxygens (including phenoxy) is 1. The Morgan fingerprint density at radius 3 is 2.87 bits per heavy atom. The molecule has 2 heterocycles. The molecule has 126 valence electrons. The van der Waals surface area contributed by atoms with E-state index in [0.717, 1.165) is 13.1 Å². The van der Waals surface area contributed by atoms with E-state index in [2.05, 4.69) is 15.1 Å². The van der Waals surface area contributed by atoms with Gasteiger partial charge in [0.1, 0.15) is 0 Å². The fraction of sp³-hybridized carbons (Fsp3) is 0.500. The van der Waals surface area contributed by atoms with Crippen molar-refractivity contribution in [2.24, 2.45) is 0 Å². The fourth-order valence-electron chi connectivity index (χ4n) is 2.54. The van der Waals surface area contributed by atoms with Crippen LogP contribution in [0.4, 0.5) is 5.69 Å². The molecule has 0 aromatic heterocycles. The van der Waals surface area contributed by atoms with Gasteiger partial charge in [-0.15, -0.1) is 0 Å². The van der Waals surface area contributed by atoms with Crippen LogP contribution >= 0.6 is 0 Å². The Hall–Kier alpha value is -1.52. The van der Waals surface area contributed by atoms with Crippen molar-refractivity contribution in [2.75, 3.05) is 44.8 Å². The largest absolute Gasteiger partial charge is 0.379 e. The van der Waals surface area contributed by atoms with Gasteiger partial charge in [0.15, 0.2) is 0 Å². The standard InChI is InChI=1S/C14H19N3O5S/c18-14-10-11-9-12(1-2-13(11)15-14)23(19,20)16-22-8-5-17-3-6-21-7-4-17/h1-2,9,16H,3-8,10H2,(H,15,18). The molecule has 0 unspecified atom stereocenters. The number of fused-ring (bicyclic) bond motifs is 1. The number of amides is 1. The highest BCUT2D eigenvalue weighted by Crippen LogP contribution is 2.25. The number of morpholine rings is 1. The van der Waals surface area contributed by atoms with E-state index in [0.29, 0.717) is 31.0 Å². The fourth-order valence-corrected chi connectivity index (χ4v) is 3.42. The zero-order chi connectivity index (χ0) is 16.3. The molecule has 23 heavy (non-hydrogen) atoms. The zero-order valence-electron chi connectivity index (χ0n) is 12.6. The van der Waals surface area contributed by atoms with Crippen LogP contribution < -0.4 is 10.2 Å². The minimum Gasteiger partial charge on any atom is -0.379 e. The molecule has 1 saturated heterocycles. The maximum absolute atomic E-state index is 12.2. The number of nitrogens with one attached hydrogen (secondary N) is 2. The Kier molecular flexibility index (Phi) is 4.93. The molecule has 2 aliphatic heterocycles. The summed E-state index contributed by atoms with van der Waals surface area (Å²) in [6.07, 6.45) is 0.191. The molecule has 1 fully saturated rings. The summed E-state index contributed by atoms with van der Waals surface area (Å²) < 4.78 is 29.6. The first-order valence-corrected chi connectivity index (χ1v) is 8.89. The quantitative estimate of drug-likeness (QED) is 0.546. The van der Waals surface area contributed by atoms with Crippen LogP contribution in [-0.2, 0) is 30.8 Å². The number of hydrogen-bond donors (Lipinski definition) is 2. The molecule has 2 N–H and O–H groups in total. The lowest BCUT2D eigenvalue weighted by Gasteiger charge is -2.26. The van der Waals surface area contributed by atoms with Gasteiger partial charge in [0.25, 0.3) is 10.0 Å². The Labute approximate surface area is 134 Å². The second-order valence-electron chi connectivity index (χ2n) is 5.43. The number of anilines is 1. The van der Waals surface area contributed by atoms with Gasteiger partial charge in [0, 0.05) is 25.3 Å². The molecule has 3 rings (SSSR count). The molecule has 0 radical (unpaired) electrons. The van der Waals surface area contributed by atoms with E-state index in [9.17, 15) is 13.2 Å². The van der Waals surface area contributed by atoms with Crippen LogP contribution in [0.3, 0.4) is 0 Å². The van der Waals surface area contributed by atoms with Crippen molar-refractivity contribution in [3.8, 4) is 0 Å². The van der Waals surface area contributed by atoms with Crippen molar-refractivity contribution in [3.05, 3.63) is 23.8 Å². The molecular formula is C14H19N3O5S. The number of carbonyl (C=O) groups is 1. The number of nitrogens with zero attached hydrogens (tertiary/aromatic N) is 1. The third-order valence-electron chi connectivity index (χ3n) is 3.79. The van der Waals surface area contributed by atoms with Crippen molar-refractivity contribution < 1.29 is 22.8 Å². The second-order valence-corrected chi connectivity index (χ2v) is 7.08. The Morgan fingerprint density at radius 1 is 1.30 bits per heavy atom. The number of sulfonamides is 1. The molecule has 2 aliphatic rings. The number of rotatable bonds is 6. The van der Waals surface area contributed by atoms with Crippen molar-refractivity contribution in [1.29, 1.82) is 0 Å².